The molecule has 0 atom stereocenters. The van der Waals surface area contributed by atoms with E-state index < -0.39 is 0 Å². The van der Waals surface area contributed by atoms with Crippen LogP contribution in [0.1, 0.15) is 16.7 Å². The summed E-state index contributed by atoms with van der Waals surface area (Å²) in [4.78, 5) is 16.5. The van der Waals surface area contributed by atoms with E-state index >= 15 is 0 Å². The fraction of sp³-hybridized carbons (Fsp3) is 0.143. The van der Waals surface area contributed by atoms with Gasteiger partial charge in [0.1, 0.15) is 5.82 Å². The van der Waals surface area contributed by atoms with Gasteiger partial charge < -0.3 is 10.6 Å². The van der Waals surface area contributed by atoms with Gasteiger partial charge in [-0.25, -0.2) is 4.98 Å². The smallest absolute Gasteiger partial charge is 0.229 e. The molecule has 0 aliphatic heterocycles. The van der Waals surface area contributed by atoms with Crippen molar-refractivity contribution in [3.63, 3.8) is 0 Å². The van der Waals surface area contributed by atoms with Crippen LogP contribution in [0.5, 0.6) is 0 Å². The van der Waals surface area contributed by atoms with Crippen molar-refractivity contribution < 1.29 is 4.79 Å². The summed E-state index contributed by atoms with van der Waals surface area (Å²) in [6.07, 6.45) is 2.06. The zero-order chi connectivity index (χ0) is 17.6. The Kier molecular flexibility index (Phi) is 5.09. The Morgan fingerprint density at radius 2 is 1.64 bits per heavy atom. The highest BCUT2D eigenvalue weighted by molar-refractivity contribution is 5.91. The summed E-state index contributed by atoms with van der Waals surface area (Å²) >= 11 is 0. The average Bonchev–Trinajstić information content (AvgIpc) is 2.61. The molecule has 0 bridgehead atoms. The van der Waals surface area contributed by atoms with Gasteiger partial charge in [-0.3, -0.25) is 4.79 Å². The molecule has 1 aromatic heterocycles. The molecule has 2 aromatic carbocycles. The molecule has 0 aliphatic rings. The predicted molar refractivity (Wildman–Crippen MR) is 102 cm³/mol. The lowest BCUT2D eigenvalue weighted by atomic mass is 10.1. The molecule has 4 nitrogen and oxygen atoms in total. The molecule has 0 spiro atoms. The molecule has 126 valence electrons. The van der Waals surface area contributed by atoms with Gasteiger partial charge in [0.15, 0.2) is 0 Å². The Bertz CT molecular complexity index is 855. The second-order valence-electron chi connectivity index (χ2n) is 6.07. The van der Waals surface area contributed by atoms with Gasteiger partial charge in [-0.05, 0) is 49.2 Å². The Morgan fingerprint density at radius 3 is 2.32 bits per heavy atom. The van der Waals surface area contributed by atoms with Gasteiger partial charge in [0.05, 0.1) is 18.3 Å². The minimum absolute atomic E-state index is 0.0685. The van der Waals surface area contributed by atoms with E-state index in [-0.39, 0.29) is 5.91 Å². The number of anilines is 3. The predicted octanol–water partition coefficient (Wildman–Crippen LogP) is 4.62. The van der Waals surface area contributed by atoms with Gasteiger partial charge in [0.25, 0.3) is 0 Å². The lowest BCUT2D eigenvalue weighted by molar-refractivity contribution is -0.115. The van der Waals surface area contributed by atoms with Gasteiger partial charge in [-0.2, -0.15) is 0 Å². The average molecular weight is 331 g/mol. The van der Waals surface area contributed by atoms with Crippen LogP contribution in [-0.4, -0.2) is 10.9 Å². The molecule has 25 heavy (non-hydrogen) atoms. The number of benzene rings is 2. The van der Waals surface area contributed by atoms with E-state index in [1.165, 1.54) is 5.56 Å². The van der Waals surface area contributed by atoms with E-state index in [1.54, 1.807) is 12.3 Å². The number of hydrogen-bond acceptors (Lipinski definition) is 3. The van der Waals surface area contributed by atoms with Crippen LogP contribution in [0.25, 0.3) is 0 Å². The Balaban J connectivity index is 1.59. The molecular weight excluding hydrogens is 310 g/mol. The molecule has 0 fully saturated rings. The first-order valence-electron chi connectivity index (χ1n) is 8.24. The summed E-state index contributed by atoms with van der Waals surface area (Å²) < 4.78 is 0. The number of hydrogen-bond donors (Lipinski definition) is 2. The number of aryl methyl sites for hydroxylation is 2. The van der Waals surface area contributed by atoms with Crippen LogP contribution in [0.2, 0.25) is 0 Å². The maximum atomic E-state index is 12.2. The third-order valence-electron chi connectivity index (χ3n) is 3.98. The van der Waals surface area contributed by atoms with Gasteiger partial charge in [-0.1, -0.05) is 42.0 Å². The van der Waals surface area contributed by atoms with Crippen LogP contribution in [-0.2, 0) is 11.2 Å². The van der Waals surface area contributed by atoms with E-state index in [9.17, 15) is 4.79 Å². The molecule has 0 saturated heterocycles. The second kappa shape index (κ2) is 7.62. The highest BCUT2D eigenvalue weighted by Gasteiger charge is 2.07. The Morgan fingerprint density at radius 1 is 0.920 bits per heavy atom. The maximum absolute atomic E-state index is 12.2. The molecule has 3 rings (SSSR count). The SMILES string of the molecule is Cc1ccc(Nc2ccc(NC(=O)Cc3ccccc3C)nc2)cc1. The van der Waals surface area contributed by atoms with Crippen molar-refractivity contribution in [2.24, 2.45) is 0 Å². The molecule has 4 heteroatoms. The summed E-state index contributed by atoms with van der Waals surface area (Å²) in [5, 5.41) is 6.12. The topological polar surface area (TPSA) is 54.0 Å². The highest BCUT2D eigenvalue weighted by atomic mass is 16.1. The van der Waals surface area contributed by atoms with Gasteiger partial charge in [0, 0.05) is 5.69 Å². The normalized spacial score (nSPS) is 10.3. The highest BCUT2D eigenvalue weighted by Crippen LogP contribution is 2.17. The third-order valence-corrected chi connectivity index (χ3v) is 3.98. The van der Waals surface area contributed by atoms with Gasteiger partial charge in [0.2, 0.25) is 5.91 Å². The van der Waals surface area contributed by atoms with Crippen LogP contribution >= 0.6 is 0 Å². The maximum Gasteiger partial charge on any atom is 0.229 e. The van der Waals surface area contributed by atoms with Crippen LogP contribution < -0.4 is 10.6 Å². The van der Waals surface area contributed by atoms with Crippen LogP contribution in [0.15, 0.2) is 66.9 Å². The number of nitrogens with one attached hydrogen (secondary N) is 2. The van der Waals surface area contributed by atoms with Gasteiger partial charge >= 0.3 is 0 Å². The summed E-state index contributed by atoms with van der Waals surface area (Å²) in [5.41, 5.74) is 5.24. The first kappa shape index (κ1) is 16.7. The van der Waals surface area contributed by atoms with Crippen molar-refractivity contribution in [2.45, 2.75) is 20.3 Å². The van der Waals surface area contributed by atoms with E-state index in [1.807, 2.05) is 49.4 Å². The minimum atomic E-state index is -0.0685. The first-order valence-corrected chi connectivity index (χ1v) is 8.24. The molecule has 1 amide bonds. The van der Waals surface area contributed by atoms with Crippen LogP contribution in [0.4, 0.5) is 17.2 Å². The number of carbonyl (C=O) groups excluding carboxylic acids is 1. The lowest BCUT2D eigenvalue weighted by Crippen LogP contribution is -2.15. The van der Waals surface area contributed by atoms with Crippen molar-refractivity contribution in [1.29, 1.82) is 0 Å². The molecule has 0 saturated carbocycles. The van der Waals surface area contributed by atoms with E-state index in [2.05, 4.69) is 34.7 Å². The molecule has 0 unspecified atom stereocenters. The zero-order valence-corrected chi connectivity index (χ0v) is 14.4. The molecular formula is C21H21N3O. The van der Waals surface area contributed by atoms with Crippen LogP contribution in [0.3, 0.4) is 0 Å². The number of pyridine rings is 1. The van der Waals surface area contributed by atoms with Gasteiger partial charge in [-0.15, -0.1) is 0 Å². The Hall–Kier alpha value is -3.14. The number of carbonyl (C=O) groups is 1. The first-order chi connectivity index (χ1) is 12.1. The largest absolute Gasteiger partial charge is 0.354 e. The lowest BCUT2D eigenvalue weighted by Gasteiger charge is -2.09. The summed E-state index contributed by atoms with van der Waals surface area (Å²) in [7, 11) is 0. The van der Waals surface area contributed by atoms with Crippen molar-refractivity contribution in [1.82, 2.24) is 4.98 Å². The molecule has 0 aliphatic carbocycles. The Labute approximate surface area is 147 Å². The van der Waals surface area contributed by atoms with E-state index in [4.69, 9.17) is 0 Å². The summed E-state index contributed by atoms with van der Waals surface area (Å²) in [5.74, 6) is 0.481. The van der Waals surface area contributed by atoms with Crippen molar-refractivity contribution in [3.8, 4) is 0 Å². The minimum Gasteiger partial charge on any atom is -0.354 e. The molecule has 2 N–H and O–H groups in total. The quantitative estimate of drug-likeness (QED) is 0.717. The fourth-order valence-corrected chi connectivity index (χ4v) is 2.51. The third kappa shape index (κ3) is 4.67. The number of amides is 1. The van der Waals surface area contributed by atoms with Crippen LogP contribution in [0, 0.1) is 13.8 Å². The summed E-state index contributed by atoms with van der Waals surface area (Å²) in [6, 6.07) is 19.7. The number of rotatable bonds is 5. The van der Waals surface area contributed by atoms with Crippen molar-refractivity contribution in [3.05, 3.63) is 83.6 Å². The monoisotopic (exact) mass is 331 g/mol. The zero-order valence-electron chi connectivity index (χ0n) is 14.4. The molecule has 0 radical (unpaired) electrons. The number of nitrogens with zero attached hydrogens (tertiary/aromatic N) is 1. The second-order valence-corrected chi connectivity index (χ2v) is 6.07. The van der Waals surface area contributed by atoms with E-state index in [0.29, 0.717) is 12.2 Å². The number of aromatic nitrogens is 1. The molecule has 3 aromatic rings. The van der Waals surface area contributed by atoms with E-state index in [0.717, 1.165) is 22.5 Å². The fourth-order valence-electron chi connectivity index (χ4n) is 2.51. The van der Waals surface area contributed by atoms with Crippen molar-refractivity contribution in [2.75, 3.05) is 10.6 Å². The summed E-state index contributed by atoms with van der Waals surface area (Å²) in [6.45, 7) is 4.06. The van der Waals surface area contributed by atoms with Crippen molar-refractivity contribution >= 4 is 23.1 Å². The molecule has 1 heterocycles. The standard InChI is InChI=1S/C21H21N3O/c1-15-7-9-18(10-8-15)23-19-11-12-20(22-14-19)24-21(25)13-17-6-4-3-5-16(17)2/h3-12,14,23H,13H2,1-2H3,(H,22,24,25).